The van der Waals surface area contributed by atoms with Crippen LogP contribution in [0.25, 0.3) is 0 Å². The molecule has 0 spiro atoms. The van der Waals surface area contributed by atoms with E-state index in [0.29, 0.717) is 11.4 Å². The van der Waals surface area contributed by atoms with Gasteiger partial charge in [0.2, 0.25) is 5.91 Å². The molecule has 0 saturated heterocycles. The van der Waals surface area contributed by atoms with Crippen molar-refractivity contribution in [2.75, 3.05) is 0 Å². The summed E-state index contributed by atoms with van der Waals surface area (Å²) in [4.78, 5) is 16.8. The van der Waals surface area contributed by atoms with Crippen LogP contribution in [-0.2, 0) is 18.3 Å². The molecule has 4 nitrogen and oxygen atoms in total. The lowest BCUT2D eigenvalue weighted by Gasteiger charge is -2.19. The number of aryl methyl sites for hydroxylation is 1. The molecule has 26 heavy (non-hydrogen) atoms. The molecule has 7 heteroatoms. The van der Waals surface area contributed by atoms with Gasteiger partial charge in [0, 0.05) is 30.0 Å². The number of amides is 1. The van der Waals surface area contributed by atoms with Crippen molar-refractivity contribution in [1.29, 1.82) is 0 Å². The molecular weight excluding hydrogens is 360 g/mol. The highest BCUT2D eigenvalue weighted by Gasteiger charge is 2.22. The van der Waals surface area contributed by atoms with Gasteiger partial charge in [0.15, 0.2) is 0 Å². The first-order valence-corrected chi connectivity index (χ1v) is 8.28. The molecule has 0 aliphatic heterocycles. The van der Waals surface area contributed by atoms with Gasteiger partial charge in [-0.2, -0.15) is 0 Å². The lowest BCUT2D eigenvalue weighted by molar-refractivity contribution is -0.121. The molecule has 134 valence electrons. The van der Waals surface area contributed by atoms with E-state index < -0.39 is 17.8 Å². The molecule has 1 aromatic heterocycles. The number of carbonyl (C=O) groups excluding carboxylic acids is 1. The van der Waals surface area contributed by atoms with Crippen LogP contribution in [0.4, 0.5) is 8.78 Å². The first kappa shape index (κ1) is 18.1. The maximum absolute atomic E-state index is 13.9. The van der Waals surface area contributed by atoms with E-state index in [0.717, 1.165) is 0 Å². The Morgan fingerprint density at radius 3 is 2.58 bits per heavy atom. The van der Waals surface area contributed by atoms with Gasteiger partial charge in [-0.3, -0.25) is 4.79 Å². The molecular formula is C19H16ClF2N3O. The van der Waals surface area contributed by atoms with Crippen molar-refractivity contribution in [3.63, 3.8) is 0 Å². The zero-order chi connectivity index (χ0) is 18.7. The molecule has 1 N–H and O–H groups in total. The minimum Gasteiger partial charge on any atom is -0.342 e. The van der Waals surface area contributed by atoms with Crippen molar-refractivity contribution in [2.24, 2.45) is 7.05 Å². The first-order chi connectivity index (χ1) is 12.5. The van der Waals surface area contributed by atoms with Gasteiger partial charge in [0.1, 0.15) is 23.5 Å². The number of nitrogens with zero attached hydrogens (tertiary/aromatic N) is 2. The summed E-state index contributed by atoms with van der Waals surface area (Å²) in [6.07, 6.45) is 3.13. The SMILES string of the molecule is Cn1ccnc1C(NC(=O)Cc1c(F)cccc1Cl)c1ccc(F)cc1. The molecule has 0 bridgehead atoms. The highest BCUT2D eigenvalue weighted by Crippen LogP contribution is 2.23. The summed E-state index contributed by atoms with van der Waals surface area (Å²) in [6.45, 7) is 0. The molecule has 1 unspecified atom stereocenters. The predicted molar refractivity (Wildman–Crippen MR) is 94.7 cm³/mol. The summed E-state index contributed by atoms with van der Waals surface area (Å²) in [5.74, 6) is -0.765. The second-order valence-electron chi connectivity index (χ2n) is 5.83. The maximum Gasteiger partial charge on any atom is 0.225 e. The Bertz CT molecular complexity index is 905. The third-order valence-corrected chi connectivity index (χ3v) is 4.38. The van der Waals surface area contributed by atoms with E-state index in [9.17, 15) is 13.6 Å². The topological polar surface area (TPSA) is 46.9 Å². The quantitative estimate of drug-likeness (QED) is 0.737. The summed E-state index contributed by atoms with van der Waals surface area (Å²) >= 11 is 5.99. The van der Waals surface area contributed by atoms with E-state index in [-0.39, 0.29) is 22.8 Å². The largest absolute Gasteiger partial charge is 0.342 e. The smallest absolute Gasteiger partial charge is 0.225 e. The van der Waals surface area contributed by atoms with Crippen LogP contribution in [0.1, 0.15) is 23.0 Å². The van der Waals surface area contributed by atoms with Crippen molar-refractivity contribution < 1.29 is 13.6 Å². The van der Waals surface area contributed by atoms with Crippen LogP contribution < -0.4 is 5.32 Å². The van der Waals surface area contributed by atoms with E-state index in [1.807, 2.05) is 0 Å². The predicted octanol–water partition coefficient (Wildman–Crippen LogP) is 3.80. The standard InChI is InChI=1S/C19H16ClF2N3O/c1-25-10-9-23-19(25)18(12-5-7-13(21)8-6-12)24-17(26)11-14-15(20)3-2-4-16(14)22/h2-10,18H,11H2,1H3,(H,24,26). The zero-order valence-electron chi connectivity index (χ0n) is 13.9. The van der Waals surface area contributed by atoms with Gasteiger partial charge < -0.3 is 9.88 Å². The fraction of sp³-hybridized carbons (Fsp3) is 0.158. The number of halogens is 3. The molecule has 1 heterocycles. The average molecular weight is 376 g/mol. The van der Waals surface area contributed by atoms with E-state index >= 15 is 0 Å². The maximum atomic E-state index is 13.9. The van der Waals surface area contributed by atoms with Crippen LogP contribution in [0.2, 0.25) is 5.02 Å². The Labute approximate surface area is 154 Å². The van der Waals surface area contributed by atoms with Crippen molar-refractivity contribution >= 4 is 17.5 Å². The molecule has 0 radical (unpaired) electrons. The minimum atomic E-state index is -0.603. The van der Waals surface area contributed by atoms with E-state index in [1.165, 1.54) is 30.3 Å². The fourth-order valence-corrected chi connectivity index (χ4v) is 2.91. The summed E-state index contributed by atoms with van der Waals surface area (Å²) in [5, 5.41) is 3.02. The molecule has 1 atom stereocenters. The van der Waals surface area contributed by atoms with Crippen molar-refractivity contribution in [3.05, 3.63) is 88.5 Å². The van der Waals surface area contributed by atoms with Crippen LogP contribution in [0.3, 0.4) is 0 Å². The highest BCUT2D eigenvalue weighted by molar-refractivity contribution is 6.31. The van der Waals surface area contributed by atoms with Crippen molar-refractivity contribution in [2.45, 2.75) is 12.5 Å². The Kier molecular flexibility index (Phi) is 5.32. The number of carbonyl (C=O) groups is 1. The Hall–Kier alpha value is -2.73. The van der Waals surface area contributed by atoms with Crippen LogP contribution in [0, 0.1) is 11.6 Å². The van der Waals surface area contributed by atoms with Gasteiger partial charge in [0.25, 0.3) is 0 Å². The number of nitrogens with one attached hydrogen (secondary N) is 1. The van der Waals surface area contributed by atoms with Gasteiger partial charge in [-0.25, -0.2) is 13.8 Å². The van der Waals surface area contributed by atoms with E-state index in [1.54, 1.807) is 36.1 Å². The summed E-state index contributed by atoms with van der Waals surface area (Å²) < 4.78 is 28.9. The number of hydrogen-bond donors (Lipinski definition) is 1. The third-order valence-electron chi connectivity index (χ3n) is 4.02. The highest BCUT2D eigenvalue weighted by atomic mass is 35.5. The Morgan fingerprint density at radius 2 is 1.96 bits per heavy atom. The van der Waals surface area contributed by atoms with Crippen molar-refractivity contribution in [3.8, 4) is 0 Å². The summed E-state index contributed by atoms with van der Waals surface area (Å²) in [6, 6.07) is 9.43. The Balaban J connectivity index is 1.87. The average Bonchev–Trinajstić information content (AvgIpc) is 3.03. The zero-order valence-corrected chi connectivity index (χ0v) is 14.7. The molecule has 3 rings (SSSR count). The van der Waals surface area contributed by atoms with Crippen LogP contribution in [0.15, 0.2) is 54.9 Å². The third kappa shape index (κ3) is 3.91. The minimum absolute atomic E-state index is 0.129. The number of benzene rings is 2. The van der Waals surface area contributed by atoms with Crippen LogP contribution in [-0.4, -0.2) is 15.5 Å². The van der Waals surface area contributed by atoms with E-state index in [2.05, 4.69) is 10.3 Å². The number of rotatable bonds is 5. The van der Waals surface area contributed by atoms with Gasteiger partial charge >= 0.3 is 0 Å². The van der Waals surface area contributed by atoms with Crippen molar-refractivity contribution in [1.82, 2.24) is 14.9 Å². The number of aromatic nitrogens is 2. The summed E-state index contributed by atoms with van der Waals surface area (Å²) in [5.41, 5.74) is 0.790. The molecule has 0 aliphatic rings. The molecule has 3 aromatic rings. The lowest BCUT2D eigenvalue weighted by Crippen LogP contribution is -2.32. The van der Waals surface area contributed by atoms with Gasteiger partial charge in [-0.1, -0.05) is 29.8 Å². The second kappa shape index (κ2) is 7.66. The summed E-state index contributed by atoms with van der Waals surface area (Å²) in [7, 11) is 1.79. The van der Waals surface area contributed by atoms with Crippen LogP contribution in [0.5, 0.6) is 0 Å². The molecule has 0 saturated carbocycles. The van der Waals surface area contributed by atoms with Gasteiger partial charge in [0.05, 0.1) is 6.42 Å². The molecule has 2 aromatic carbocycles. The fourth-order valence-electron chi connectivity index (χ4n) is 2.68. The molecule has 1 amide bonds. The monoisotopic (exact) mass is 375 g/mol. The first-order valence-electron chi connectivity index (χ1n) is 7.90. The second-order valence-corrected chi connectivity index (χ2v) is 6.23. The molecule has 0 aliphatic carbocycles. The molecule has 0 fully saturated rings. The van der Waals surface area contributed by atoms with Crippen LogP contribution >= 0.6 is 11.6 Å². The van der Waals surface area contributed by atoms with Gasteiger partial charge in [-0.05, 0) is 29.8 Å². The van der Waals surface area contributed by atoms with Gasteiger partial charge in [-0.15, -0.1) is 0 Å². The Morgan fingerprint density at radius 1 is 1.23 bits per heavy atom. The number of imidazole rings is 1. The van der Waals surface area contributed by atoms with E-state index in [4.69, 9.17) is 11.6 Å². The number of hydrogen-bond acceptors (Lipinski definition) is 2. The normalized spacial score (nSPS) is 12.0. The lowest BCUT2D eigenvalue weighted by atomic mass is 10.0.